The Kier molecular flexibility index (Phi) is 4.74. The molecule has 1 fully saturated rings. The largest absolute Gasteiger partial charge is 0.484 e. The third-order valence-electron chi connectivity index (χ3n) is 6.10. The highest BCUT2D eigenvalue weighted by atomic mass is 32.2. The van der Waals surface area contributed by atoms with Crippen LogP contribution in [0.25, 0.3) is 10.9 Å². The van der Waals surface area contributed by atoms with Crippen LogP contribution < -0.4 is 4.74 Å². The monoisotopic (exact) mass is 428 g/mol. The standard InChI is InChI=1S/C21H24N4O4S/c1-13(21-11-25(24-23-21)15-7-17(8-15)30(2,26)27)29-16-3-4-20-19(9-16)18-5-6-28-12-14(18)10-22-20/h3-4,9-11,13,15,17H,5-8,12H2,1-2H3/t13-,15?,17?/m1/s1. The van der Waals surface area contributed by atoms with Crippen molar-refractivity contribution in [1.82, 2.24) is 20.0 Å². The van der Waals surface area contributed by atoms with Gasteiger partial charge in [0, 0.05) is 17.8 Å². The molecule has 0 N–H and O–H groups in total. The molecule has 0 spiro atoms. The molecule has 9 heteroatoms. The summed E-state index contributed by atoms with van der Waals surface area (Å²) in [6.45, 7) is 3.26. The van der Waals surface area contributed by atoms with E-state index in [1.807, 2.05) is 37.5 Å². The van der Waals surface area contributed by atoms with E-state index in [2.05, 4.69) is 15.3 Å². The van der Waals surface area contributed by atoms with E-state index < -0.39 is 9.84 Å². The van der Waals surface area contributed by atoms with Crippen molar-refractivity contribution in [2.24, 2.45) is 0 Å². The minimum atomic E-state index is -2.98. The van der Waals surface area contributed by atoms with Crippen LogP contribution in [0.4, 0.5) is 0 Å². The van der Waals surface area contributed by atoms with E-state index in [1.54, 1.807) is 4.68 Å². The van der Waals surface area contributed by atoms with Crippen LogP contribution in [0.2, 0.25) is 0 Å². The fraction of sp³-hybridized carbons (Fsp3) is 0.476. The van der Waals surface area contributed by atoms with E-state index in [1.165, 1.54) is 11.8 Å². The molecule has 0 amide bonds. The van der Waals surface area contributed by atoms with Crippen LogP contribution in [0.1, 0.15) is 48.7 Å². The zero-order chi connectivity index (χ0) is 20.9. The van der Waals surface area contributed by atoms with Gasteiger partial charge in [0.2, 0.25) is 0 Å². The molecule has 1 aliphatic carbocycles. The average Bonchev–Trinajstić information content (AvgIpc) is 3.15. The minimum absolute atomic E-state index is 0.0821. The number of pyridine rings is 1. The summed E-state index contributed by atoms with van der Waals surface area (Å²) in [4.78, 5) is 4.53. The molecule has 1 saturated carbocycles. The van der Waals surface area contributed by atoms with E-state index in [0.717, 1.165) is 40.9 Å². The van der Waals surface area contributed by atoms with Crippen LogP contribution in [0.15, 0.2) is 30.6 Å². The van der Waals surface area contributed by atoms with Gasteiger partial charge in [-0.25, -0.2) is 13.1 Å². The van der Waals surface area contributed by atoms with Crippen molar-refractivity contribution in [2.45, 2.75) is 50.2 Å². The number of fused-ring (bicyclic) bond motifs is 3. The Labute approximate surface area is 175 Å². The number of hydrogen-bond acceptors (Lipinski definition) is 7. The number of nitrogens with zero attached hydrogens (tertiary/aromatic N) is 4. The molecule has 8 nitrogen and oxygen atoms in total. The van der Waals surface area contributed by atoms with Gasteiger partial charge in [0.1, 0.15) is 27.4 Å². The van der Waals surface area contributed by atoms with Gasteiger partial charge in [0.25, 0.3) is 0 Å². The fourth-order valence-corrected chi connectivity index (χ4v) is 5.28. The van der Waals surface area contributed by atoms with Gasteiger partial charge >= 0.3 is 0 Å². The van der Waals surface area contributed by atoms with Gasteiger partial charge in [0.15, 0.2) is 0 Å². The van der Waals surface area contributed by atoms with Crippen molar-refractivity contribution in [3.05, 3.63) is 47.4 Å². The molecule has 2 aromatic heterocycles. The molecule has 1 aromatic carbocycles. The molecule has 1 atom stereocenters. The lowest BCUT2D eigenvalue weighted by atomic mass is 9.92. The molecule has 3 heterocycles. The Morgan fingerprint density at radius 2 is 2.13 bits per heavy atom. The number of benzene rings is 1. The van der Waals surface area contributed by atoms with E-state index in [0.29, 0.717) is 19.4 Å². The summed E-state index contributed by atoms with van der Waals surface area (Å²) in [6, 6.07) is 6.02. The zero-order valence-corrected chi connectivity index (χ0v) is 17.8. The Morgan fingerprint density at radius 1 is 1.30 bits per heavy atom. The average molecular weight is 429 g/mol. The number of ether oxygens (including phenoxy) is 2. The predicted octanol–water partition coefficient (Wildman–Crippen LogP) is 2.79. The quantitative estimate of drug-likeness (QED) is 0.616. The summed E-state index contributed by atoms with van der Waals surface area (Å²) in [5, 5.41) is 9.27. The maximum absolute atomic E-state index is 11.6. The number of sulfone groups is 1. The molecule has 5 rings (SSSR count). The number of hydrogen-bond donors (Lipinski definition) is 0. The van der Waals surface area contributed by atoms with Crippen LogP contribution in [0.5, 0.6) is 5.75 Å². The van der Waals surface area contributed by atoms with E-state index >= 15 is 0 Å². The third-order valence-corrected chi connectivity index (χ3v) is 7.70. The molecular formula is C21H24N4O4S. The fourth-order valence-electron chi connectivity index (χ4n) is 4.14. The molecule has 0 radical (unpaired) electrons. The summed E-state index contributed by atoms with van der Waals surface area (Å²) in [7, 11) is -2.98. The summed E-state index contributed by atoms with van der Waals surface area (Å²) in [6.07, 6.45) is 6.81. The first-order chi connectivity index (χ1) is 14.4. The van der Waals surface area contributed by atoms with Gasteiger partial charge in [-0.3, -0.25) is 4.98 Å². The number of rotatable bonds is 5. The Hall–Kier alpha value is -2.52. The van der Waals surface area contributed by atoms with Crippen LogP contribution >= 0.6 is 0 Å². The van der Waals surface area contributed by atoms with Crippen molar-refractivity contribution in [3.63, 3.8) is 0 Å². The van der Waals surface area contributed by atoms with Crippen LogP contribution in [0, 0.1) is 0 Å². The van der Waals surface area contributed by atoms with Crippen LogP contribution in [-0.4, -0.2) is 46.5 Å². The first-order valence-electron chi connectivity index (χ1n) is 10.1. The topological polar surface area (TPSA) is 96.2 Å². The SMILES string of the molecule is C[C@@H](Oc1ccc2ncc3c(c2c1)CCOC3)c1cn(C2CC(S(C)(=O)=O)C2)nn1. The molecule has 3 aromatic rings. The highest BCUT2D eigenvalue weighted by molar-refractivity contribution is 7.91. The van der Waals surface area contributed by atoms with Gasteiger partial charge in [0.05, 0.1) is 36.2 Å². The predicted molar refractivity (Wildman–Crippen MR) is 111 cm³/mol. The first-order valence-corrected chi connectivity index (χ1v) is 12.1. The van der Waals surface area contributed by atoms with E-state index in [-0.39, 0.29) is 17.4 Å². The second-order valence-electron chi connectivity index (χ2n) is 8.20. The van der Waals surface area contributed by atoms with Gasteiger partial charge in [-0.1, -0.05) is 5.21 Å². The van der Waals surface area contributed by atoms with E-state index in [4.69, 9.17) is 9.47 Å². The van der Waals surface area contributed by atoms with Crippen LogP contribution in [0.3, 0.4) is 0 Å². The Morgan fingerprint density at radius 3 is 2.93 bits per heavy atom. The molecule has 0 bridgehead atoms. The van der Waals surface area contributed by atoms with Crippen molar-refractivity contribution in [1.29, 1.82) is 0 Å². The summed E-state index contributed by atoms with van der Waals surface area (Å²) in [5.74, 6) is 0.757. The van der Waals surface area contributed by atoms with Crippen molar-refractivity contribution < 1.29 is 17.9 Å². The van der Waals surface area contributed by atoms with Gasteiger partial charge in [-0.2, -0.15) is 0 Å². The second-order valence-corrected chi connectivity index (χ2v) is 10.5. The minimum Gasteiger partial charge on any atom is -0.484 e. The van der Waals surface area contributed by atoms with Crippen LogP contribution in [-0.2, 0) is 27.6 Å². The maximum Gasteiger partial charge on any atom is 0.150 e. The molecule has 0 unspecified atom stereocenters. The Balaban J connectivity index is 1.32. The van der Waals surface area contributed by atoms with Crippen molar-refractivity contribution in [3.8, 4) is 5.75 Å². The van der Waals surface area contributed by atoms with Crippen molar-refractivity contribution >= 4 is 20.7 Å². The Bertz CT molecular complexity index is 1200. The molecule has 1 aliphatic heterocycles. The lowest BCUT2D eigenvalue weighted by Crippen LogP contribution is -2.37. The van der Waals surface area contributed by atoms with Crippen molar-refractivity contribution in [2.75, 3.05) is 12.9 Å². The molecule has 158 valence electrons. The molecule has 30 heavy (non-hydrogen) atoms. The molecule has 2 aliphatic rings. The summed E-state index contributed by atoms with van der Waals surface area (Å²) in [5.41, 5.74) is 4.09. The third kappa shape index (κ3) is 3.56. The summed E-state index contributed by atoms with van der Waals surface area (Å²) < 4.78 is 36.7. The maximum atomic E-state index is 11.6. The smallest absolute Gasteiger partial charge is 0.150 e. The van der Waals surface area contributed by atoms with E-state index in [9.17, 15) is 8.42 Å². The summed E-state index contributed by atoms with van der Waals surface area (Å²) >= 11 is 0. The number of aromatic nitrogens is 4. The molecule has 0 saturated heterocycles. The van der Waals surface area contributed by atoms with Gasteiger partial charge in [-0.05, 0) is 55.5 Å². The normalized spacial score (nSPS) is 22.3. The molecular weight excluding hydrogens is 404 g/mol. The lowest BCUT2D eigenvalue weighted by Gasteiger charge is -2.33. The second kappa shape index (κ2) is 7.31. The zero-order valence-electron chi connectivity index (χ0n) is 17.0. The van der Waals surface area contributed by atoms with Gasteiger partial charge in [-0.15, -0.1) is 5.10 Å². The highest BCUT2D eigenvalue weighted by Crippen LogP contribution is 2.36. The lowest BCUT2D eigenvalue weighted by molar-refractivity contribution is 0.111. The van der Waals surface area contributed by atoms with Gasteiger partial charge < -0.3 is 9.47 Å². The first kappa shape index (κ1) is 19.4. The highest BCUT2D eigenvalue weighted by Gasteiger charge is 2.38.